The van der Waals surface area contributed by atoms with Gasteiger partial charge < -0.3 is 10.0 Å². The molecule has 104 valence electrons. The van der Waals surface area contributed by atoms with Gasteiger partial charge >= 0.3 is 0 Å². The highest BCUT2D eigenvalue weighted by Crippen LogP contribution is 2.26. The third-order valence-corrected chi connectivity index (χ3v) is 4.00. The molecule has 0 bridgehead atoms. The number of carbonyl (C=O) groups is 1. The van der Waals surface area contributed by atoms with Crippen molar-refractivity contribution < 1.29 is 9.90 Å². The van der Waals surface area contributed by atoms with Crippen LogP contribution in [-0.4, -0.2) is 28.5 Å². The van der Waals surface area contributed by atoms with E-state index in [9.17, 15) is 9.90 Å². The van der Waals surface area contributed by atoms with Gasteiger partial charge in [-0.3, -0.25) is 4.79 Å². The maximum atomic E-state index is 12.6. The van der Waals surface area contributed by atoms with Crippen molar-refractivity contribution in [2.45, 2.75) is 52.0 Å². The molecule has 2 rings (SSSR count). The fourth-order valence-corrected chi connectivity index (χ4v) is 2.94. The summed E-state index contributed by atoms with van der Waals surface area (Å²) in [6.45, 7) is 4.63. The molecule has 1 N–H and O–H groups in total. The average molecular weight is 261 g/mol. The number of aromatic hydroxyl groups is 1. The molecule has 0 spiro atoms. The molecule has 1 saturated carbocycles. The Morgan fingerprint density at radius 2 is 2.00 bits per heavy atom. The molecule has 0 unspecified atom stereocenters. The predicted octanol–water partition coefficient (Wildman–Crippen LogP) is 3.50. The van der Waals surface area contributed by atoms with Crippen LogP contribution >= 0.6 is 0 Å². The Morgan fingerprint density at radius 3 is 2.58 bits per heavy atom. The summed E-state index contributed by atoms with van der Waals surface area (Å²) < 4.78 is 0. The molecule has 1 amide bonds. The van der Waals surface area contributed by atoms with Gasteiger partial charge in [-0.25, -0.2) is 0 Å². The molecule has 19 heavy (non-hydrogen) atoms. The monoisotopic (exact) mass is 261 g/mol. The fourth-order valence-electron chi connectivity index (χ4n) is 2.94. The number of amides is 1. The molecular weight excluding hydrogens is 238 g/mol. The van der Waals surface area contributed by atoms with Gasteiger partial charge in [0.25, 0.3) is 5.91 Å². The lowest BCUT2D eigenvalue weighted by Gasteiger charge is -2.33. The third-order valence-electron chi connectivity index (χ3n) is 4.00. The zero-order valence-electron chi connectivity index (χ0n) is 11.9. The van der Waals surface area contributed by atoms with Crippen LogP contribution in [0.1, 0.15) is 54.9 Å². The van der Waals surface area contributed by atoms with Crippen LogP contribution in [0.4, 0.5) is 0 Å². The van der Waals surface area contributed by atoms with Gasteiger partial charge in [-0.2, -0.15) is 0 Å². The summed E-state index contributed by atoms with van der Waals surface area (Å²) in [6, 6.07) is 5.61. The number of hydrogen-bond acceptors (Lipinski definition) is 2. The number of hydrogen-bond donors (Lipinski definition) is 1. The number of benzene rings is 1. The zero-order chi connectivity index (χ0) is 13.8. The van der Waals surface area contributed by atoms with E-state index in [1.54, 1.807) is 12.1 Å². The van der Waals surface area contributed by atoms with Gasteiger partial charge in [0.2, 0.25) is 0 Å². The second kappa shape index (κ2) is 6.09. The van der Waals surface area contributed by atoms with Crippen molar-refractivity contribution in [1.29, 1.82) is 0 Å². The normalized spacial score (nSPS) is 16.3. The van der Waals surface area contributed by atoms with E-state index in [-0.39, 0.29) is 11.7 Å². The second-order valence-corrected chi connectivity index (χ2v) is 5.40. The standard InChI is InChI=1S/C16H23NO2/c1-3-17(13-7-5-4-6-8-13)16(19)14-10-9-12(2)11-15(14)18/h9-11,13,18H,3-8H2,1-2H3. The van der Waals surface area contributed by atoms with Crippen LogP contribution in [0.5, 0.6) is 5.75 Å². The minimum Gasteiger partial charge on any atom is -0.507 e. The van der Waals surface area contributed by atoms with Gasteiger partial charge in [0.15, 0.2) is 0 Å². The van der Waals surface area contributed by atoms with E-state index in [4.69, 9.17) is 0 Å². The second-order valence-electron chi connectivity index (χ2n) is 5.40. The van der Waals surface area contributed by atoms with Crippen molar-refractivity contribution in [3.05, 3.63) is 29.3 Å². The molecule has 3 nitrogen and oxygen atoms in total. The Balaban J connectivity index is 2.19. The highest BCUT2D eigenvalue weighted by molar-refractivity contribution is 5.97. The number of carbonyl (C=O) groups excluding carboxylic acids is 1. The molecule has 1 aliphatic carbocycles. The Hall–Kier alpha value is -1.51. The van der Waals surface area contributed by atoms with E-state index < -0.39 is 0 Å². The van der Waals surface area contributed by atoms with Crippen LogP contribution in [0, 0.1) is 6.92 Å². The zero-order valence-corrected chi connectivity index (χ0v) is 11.9. The number of phenolic OH excluding ortho intramolecular Hbond substituents is 1. The molecule has 0 aromatic heterocycles. The van der Waals surface area contributed by atoms with Crippen LogP contribution in [0.25, 0.3) is 0 Å². The Kier molecular flexibility index (Phi) is 4.46. The largest absolute Gasteiger partial charge is 0.507 e. The van der Waals surface area contributed by atoms with Crippen molar-refractivity contribution in [3.63, 3.8) is 0 Å². The topological polar surface area (TPSA) is 40.5 Å². The maximum Gasteiger partial charge on any atom is 0.257 e. The molecule has 1 fully saturated rings. The van der Waals surface area contributed by atoms with E-state index >= 15 is 0 Å². The Bertz CT molecular complexity index is 450. The van der Waals surface area contributed by atoms with Crippen LogP contribution in [0.15, 0.2) is 18.2 Å². The van der Waals surface area contributed by atoms with Crippen LogP contribution < -0.4 is 0 Å². The van der Waals surface area contributed by atoms with Crippen molar-refractivity contribution in [2.75, 3.05) is 6.54 Å². The first-order valence-corrected chi connectivity index (χ1v) is 7.24. The summed E-state index contributed by atoms with van der Waals surface area (Å²) >= 11 is 0. The molecule has 0 heterocycles. The highest BCUT2D eigenvalue weighted by atomic mass is 16.3. The van der Waals surface area contributed by atoms with Gasteiger partial charge in [-0.15, -0.1) is 0 Å². The quantitative estimate of drug-likeness (QED) is 0.904. The van der Waals surface area contributed by atoms with E-state index in [0.717, 1.165) is 18.4 Å². The maximum absolute atomic E-state index is 12.6. The lowest BCUT2D eigenvalue weighted by atomic mass is 9.93. The lowest BCUT2D eigenvalue weighted by molar-refractivity contribution is 0.0645. The first-order valence-electron chi connectivity index (χ1n) is 7.24. The summed E-state index contributed by atoms with van der Waals surface area (Å²) in [4.78, 5) is 14.5. The van der Waals surface area contributed by atoms with Gasteiger partial charge in [0.1, 0.15) is 5.75 Å². The van der Waals surface area contributed by atoms with Crippen LogP contribution in [0.2, 0.25) is 0 Å². The van der Waals surface area contributed by atoms with Gasteiger partial charge in [0, 0.05) is 12.6 Å². The lowest BCUT2D eigenvalue weighted by Crippen LogP contribution is -2.41. The third kappa shape index (κ3) is 3.09. The summed E-state index contributed by atoms with van der Waals surface area (Å²) in [6.07, 6.45) is 5.86. The molecule has 3 heteroatoms. The van der Waals surface area contributed by atoms with Gasteiger partial charge in [-0.05, 0) is 44.4 Å². The van der Waals surface area contributed by atoms with E-state index in [2.05, 4.69) is 0 Å². The summed E-state index contributed by atoms with van der Waals surface area (Å²) in [5, 5.41) is 9.96. The molecule has 0 atom stereocenters. The minimum absolute atomic E-state index is 0.0353. The van der Waals surface area contributed by atoms with Crippen LogP contribution in [-0.2, 0) is 0 Å². The van der Waals surface area contributed by atoms with Crippen molar-refractivity contribution >= 4 is 5.91 Å². The summed E-state index contributed by atoms with van der Waals surface area (Å²) in [5.41, 5.74) is 1.40. The minimum atomic E-state index is -0.0353. The molecule has 0 radical (unpaired) electrons. The Labute approximate surface area is 115 Å². The highest BCUT2D eigenvalue weighted by Gasteiger charge is 2.26. The number of rotatable bonds is 3. The summed E-state index contributed by atoms with van der Waals surface area (Å²) in [7, 11) is 0. The number of aryl methyl sites for hydroxylation is 1. The predicted molar refractivity (Wildman–Crippen MR) is 76.4 cm³/mol. The number of nitrogens with zero attached hydrogens (tertiary/aromatic N) is 1. The Morgan fingerprint density at radius 1 is 1.32 bits per heavy atom. The average Bonchev–Trinajstić information content (AvgIpc) is 2.40. The smallest absolute Gasteiger partial charge is 0.257 e. The van der Waals surface area contributed by atoms with E-state index in [0.29, 0.717) is 18.2 Å². The van der Waals surface area contributed by atoms with Gasteiger partial charge in [-0.1, -0.05) is 25.3 Å². The molecule has 1 aromatic rings. The molecule has 0 aliphatic heterocycles. The molecule has 1 aromatic carbocycles. The van der Waals surface area contributed by atoms with Crippen molar-refractivity contribution in [1.82, 2.24) is 4.90 Å². The molecule has 0 saturated heterocycles. The van der Waals surface area contributed by atoms with E-state index in [1.807, 2.05) is 24.8 Å². The molecule has 1 aliphatic rings. The SMILES string of the molecule is CCN(C(=O)c1ccc(C)cc1O)C1CCCCC1. The first-order chi connectivity index (χ1) is 9.13. The fraction of sp³-hybridized carbons (Fsp3) is 0.562. The van der Waals surface area contributed by atoms with E-state index in [1.165, 1.54) is 19.3 Å². The van der Waals surface area contributed by atoms with Crippen molar-refractivity contribution in [3.8, 4) is 5.75 Å². The van der Waals surface area contributed by atoms with Gasteiger partial charge in [0.05, 0.1) is 5.56 Å². The van der Waals surface area contributed by atoms with Crippen LogP contribution in [0.3, 0.4) is 0 Å². The summed E-state index contributed by atoms with van der Waals surface area (Å²) in [5.74, 6) is 0.0613. The first kappa shape index (κ1) is 13.9. The van der Waals surface area contributed by atoms with Crippen molar-refractivity contribution in [2.24, 2.45) is 0 Å². The molecular formula is C16H23NO2. The number of phenols is 1.